The molecule has 0 fully saturated rings. The molecule has 86 valence electrons. The summed E-state index contributed by atoms with van der Waals surface area (Å²) in [4.78, 5) is 0. The van der Waals surface area contributed by atoms with Crippen molar-refractivity contribution in [3.05, 3.63) is 11.6 Å². The molecule has 0 aromatic rings. The third-order valence-electron chi connectivity index (χ3n) is 2.43. The molecule has 0 aliphatic carbocycles. The van der Waals surface area contributed by atoms with Gasteiger partial charge in [-0.15, -0.1) is 0 Å². The van der Waals surface area contributed by atoms with Gasteiger partial charge in [0.25, 0.3) is 0 Å². The van der Waals surface area contributed by atoms with Gasteiger partial charge in [-0.05, 0) is 18.8 Å². The van der Waals surface area contributed by atoms with Crippen LogP contribution in [-0.4, -0.2) is 0 Å². The number of hydrogen-bond acceptors (Lipinski definition) is 0. The van der Waals surface area contributed by atoms with Gasteiger partial charge < -0.3 is 0 Å². The zero-order valence-electron chi connectivity index (χ0n) is 10.9. The van der Waals surface area contributed by atoms with Crippen LogP contribution in [0, 0.1) is 17.8 Å². The molecule has 0 nitrogen and oxygen atoms in total. The summed E-state index contributed by atoms with van der Waals surface area (Å²) < 4.78 is 0. The first kappa shape index (κ1) is 14.3. The van der Waals surface area contributed by atoms with E-state index in [1.54, 1.807) is 0 Å². The van der Waals surface area contributed by atoms with E-state index in [9.17, 15) is 0 Å². The largest absolute Gasteiger partial charge is 0.0982 e. The highest BCUT2D eigenvalue weighted by molar-refractivity contribution is 5.29. The quantitative estimate of drug-likeness (QED) is 0.426. The molecule has 0 aliphatic heterocycles. The fourth-order valence-electron chi connectivity index (χ4n) is 1.32. The highest BCUT2D eigenvalue weighted by atomic mass is 14.0. The molecule has 0 spiro atoms. The highest BCUT2D eigenvalue weighted by Gasteiger charge is 1.98. The first-order valence-corrected chi connectivity index (χ1v) is 6.41. The van der Waals surface area contributed by atoms with Crippen LogP contribution in [0.4, 0.5) is 0 Å². The van der Waals surface area contributed by atoms with Crippen LogP contribution in [0.1, 0.15) is 66.2 Å². The van der Waals surface area contributed by atoms with Crippen LogP contribution in [0.5, 0.6) is 0 Å². The molecule has 0 N–H and O–H groups in total. The monoisotopic (exact) mass is 206 g/mol. The van der Waals surface area contributed by atoms with Gasteiger partial charge in [0.1, 0.15) is 0 Å². The molecule has 0 rings (SSSR count). The summed E-state index contributed by atoms with van der Waals surface area (Å²) in [5.74, 6) is 7.18. The molecule has 0 saturated carbocycles. The van der Waals surface area contributed by atoms with Crippen LogP contribution < -0.4 is 0 Å². The summed E-state index contributed by atoms with van der Waals surface area (Å²) >= 11 is 0. The predicted molar refractivity (Wildman–Crippen MR) is 69.7 cm³/mol. The highest BCUT2D eigenvalue weighted by Crippen LogP contribution is 2.11. The van der Waals surface area contributed by atoms with Crippen molar-refractivity contribution in [2.45, 2.75) is 66.2 Å². The van der Waals surface area contributed by atoms with E-state index in [4.69, 9.17) is 0 Å². The van der Waals surface area contributed by atoms with Gasteiger partial charge in [-0.1, -0.05) is 64.9 Å². The maximum absolute atomic E-state index is 3.32. The van der Waals surface area contributed by atoms with Gasteiger partial charge in [-0.2, -0.15) is 0 Å². The Kier molecular flexibility index (Phi) is 9.38. The van der Waals surface area contributed by atoms with E-state index in [1.165, 1.54) is 37.7 Å². The normalized spacial score (nSPS) is 11.4. The average Bonchev–Trinajstić information content (AvgIpc) is 2.21. The van der Waals surface area contributed by atoms with Crippen molar-refractivity contribution in [1.29, 1.82) is 0 Å². The van der Waals surface area contributed by atoms with Gasteiger partial charge in [0.05, 0.1) is 0 Å². The van der Waals surface area contributed by atoms with Gasteiger partial charge in [0.2, 0.25) is 0 Å². The molecule has 0 aliphatic rings. The lowest BCUT2D eigenvalue weighted by Gasteiger charge is -2.03. The van der Waals surface area contributed by atoms with Crippen LogP contribution in [0.25, 0.3) is 0 Å². The summed E-state index contributed by atoms with van der Waals surface area (Å²) in [6, 6.07) is 0. The Morgan fingerprint density at radius 1 is 1.13 bits per heavy atom. The minimum atomic E-state index is 0.580. The van der Waals surface area contributed by atoms with Crippen LogP contribution in [-0.2, 0) is 0 Å². The maximum Gasteiger partial charge on any atom is 0.00922 e. The van der Waals surface area contributed by atoms with Gasteiger partial charge in [0, 0.05) is 12.0 Å². The lowest BCUT2D eigenvalue weighted by molar-refractivity contribution is 0.766. The van der Waals surface area contributed by atoms with Crippen LogP contribution in [0.3, 0.4) is 0 Å². The Labute approximate surface area is 96.2 Å². The molecule has 0 amide bonds. The molecule has 0 atom stereocenters. The second-order valence-electron chi connectivity index (χ2n) is 4.36. The smallest absolute Gasteiger partial charge is 0.00922 e. The standard InChI is InChI=1S/C15H26/c1-5-7-9-11-13-15(14(3)4)12-10-8-6-2/h12,14H,5-10H2,1-4H3/b15-12-. The van der Waals surface area contributed by atoms with E-state index in [2.05, 4.69) is 45.6 Å². The summed E-state index contributed by atoms with van der Waals surface area (Å²) in [5, 5.41) is 0. The second-order valence-corrected chi connectivity index (χ2v) is 4.36. The van der Waals surface area contributed by atoms with Crippen LogP contribution in [0.2, 0.25) is 0 Å². The maximum atomic E-state index is 3.32. The number of rotatable bonds is 6. The van der Waals surface area contributed by atoms with Gasteiger partial charge in [-0.3, -0.25) is 0 Å². The molecule has 15 heavy (non-hydrogen) atoms. The summed E-state index contributed by atoms with van der Waals surface area (Å²) in [7, 11) is 0. The molecule has 0 aromatic heterocycles. The Hall–Kier alpha value is -0.700. The van der Waals surface area contributed by atoms with Crippen molar-refractivity contribution in [2.24, 2.45) is 5.92 Å². The number of allylic oxidation sites excluding steroid dienone is 2. The van der Waals surface area contributed by atoms with E-state index >= 15 is 0 Å². The summed E-state index contributed by atoms with van der Waals surface area (Å²) in [6.07, 6.45) is 9.59. The minimum absolute atomic E-state index is 0.580. The molecule has 0 heterocycles. The Balaban J connectivity index is 4.12. The first-order chi connectivity index (χ1) is 7.22. The molecule has 0 radical (unpaired) electrons. The zero-order valence-corrected chi connectivity index (χ0v) is 10.9. The van der Waals surface area contributed by atoms with Crippen molar-refractivity contribution in [3.8, 4) is 11.8 Å². The van der Waals surface area contributed by atoms with Crippen molar-refractivity contribution in [1.82, 2.24) is 0 Å². The van der Waals surface area contributed by atoms with E-state index in [0.717, 1.165) is 6.42 Å². The lowest BCUT2D eigenvalue weighted by atomic mass is 10.0. The van der Waals surface area contributed by atoms with Crippen LogP contribution in [0.15, 0.2) is 11.6 Å². The molecule has 0 heteroatoms. The SMILES string of the molecule is CCCCC#C/C(=C/CCCC)C(C)C. The van der Waals surface area contributed by atoms with E-state index in [-0.39, 0.29) is 0 Å². The third kappa shape index (κ3) is 8.30. The second kappa shape index (κ2) is 9.84. The Morgan fingerprint density at radius 2 is 1.80 bits per heavy atom. The van der Waals surface area contributed by atoms with Crippen molar-refractivity contribution in [3.63, 3.8) is 0 Å². The van der Waals surface area contributed by atoms with Gasteiger partial charge in [0.15, 0.2) is 0 Å². The molecular formula is C15H26. The summed E-state index contributed by atoms with van der Waals surface area (Å²) in [5.41, 5.74) is 1.33. The van der Waals surface area contributed by atoms with Crippen molar-refractivity contribution in [2.75, 3.05) is 0 Å². The molecule has 0 aromatic carbocycles. The Bertz CT molecular complexity index is 222. The molecular weight excluding hydrogens is 180 g/mol. The minimum Gasteiger partial charge on any atom is -0.0982 e. The first-order valence-electron chi connectivity index (χ1n) is 6.41. The number of hydrogen-bond donors (Lipinski definition) is 0. The predicted octanol–water partition coefficient (Wildman–Crippen LogP) is 4.95. The average molecular weight is 206 g/mol. The number of unbranched alkanes of at least 4 members (excludes halogenated alkanes) is 4. The molecule has 0 bridgehead atoms. The van der Waals surface area contributed by atoms with Crippen molar-refractivity contribution < 1.29 is 0 Å². The Morgan fingerprint density at radius 3 is 2.33 bits per heavy atom. The van der Waals surface area contributed by atoms with Crippen LogP contribution >= 0.6 is 0 Å². The summed E-state index contributed by atoms with van der Waals surface area (Å²) in [6.45, 7) is 8.90. The third-order valence-corrected chi connectivity index (χ3v) is 2.43. The van der Waals surface area contributed by atoms with E-state index in [1.807, 2.05) is 0 Å². The fraction of sp³-hybridized carbons (Fsp3) is 0.733. The molecule has 0 unspecified atom stereocenters. The van der Waals surface area contributed by atoms with Gasteiger partial charge >= 0.3 is 0 Å². The van der Waals surface area contributed by atoms with Crippen molar-refractivity contribution >= 4 is 0 Å². The van der Waals surface area contributed by atoms with E-state index in [0.29, 0.717) is 5.92 Å². The topological polar surface area (TPSA) is 0 Å². The van der Waals surface area contributed by atoms with Gasteiger partial charge in [-0.25, -0.2) is 0 Å². The lowest BCUT2D eigenvalue weighted by Crippen LogP contribution is -1.91. The molecule has 0 saturated heterocycles. The zero-order chi connectivity index (χ0) is 11.5. The fourth-order valence-corrected chi connectivity index (χ4v) is 1.32. The van der Waals surface area contributed by atoms with E-state index < -0.39 is 0 Å².